The Morgan fingerprint density at radius 2 is 2.21 bits per heavy atom. The Hall–Kier alpha value is -1.95. The third kappa shape index (κ3) is 3.08. The summed E-state index contributed by atoms with van der Waals surface area (Å²) in [5.74, 6) is 1.43. The molecule has 1 aromatic carbocycles. The van der Waals surface area contributed by atoms with Gasteiger partial charge in [-0.1, -0.05) is 6.07 Å². The molecule has 0 bridgehead atoms. The molecule has 0 spiro atoms. The molecule has 19 heavy (non-hydrogen) atoms. The minimum Gasteiger partial charge on any atom is -0.493 e. The lowest BCUT2D eigenvalue weighted by Gasteiger charge is -2.09. The number of rotatable bonds is 4. The van der Waals surface area contributed by atoms with E-state index in [1.807, 2.05) is 25.1 Å². The van der Waals surface area contributed by atoms with Gasteiger partial charge in [-0.3, -0.25) is 10.2 Å². The lowest BCUT2D eigenvalue weighted by molar-refractivity contribution is 0.265. The van der Waals surface area contributed by atoms with Crippen molar-refractivity contribution in [1.29, 1.82) is 5.41 Å². The van der Waals surface area contributed by atoms with E-state index in [1.54, 1.807) is 13.2 Å². The molecule has 5 nitrogen and oxygen atoms in total. The summed E-state index contributed by atoms with van der Waals surface area (Å²) in [5, 5.41) is 9.82. The number of thioether (sulfide) groups is 1. The van der Waals surface area contributed by atoms with Crippen LogP contribution in [0.25, 0.3) is 6.08 Å². The molecule has 1 saturated heterocycles. The number of hydrogen-bond acceptors (Lipinski definition) is 5. The average molecular weight is 278 g/mol. The second-order valence-corrected chi connectivity index (χ2v) is 4.76. The fraction of sp³-hybridized carbons (Fsp3) is 0.231. The molecule has 1 fully saturated rings. The number of carbonyl (C=O) groups is 1. The third-order valence-electron chi connectivity index (χ3n) is 2.46. The summed E-state index contributed by atoms with van der Waals surface area (Å²) < 4.78 is 10.7. The first-order chi connectivity index (χ1) is 9.13. The van der Waals surface area contributed by atoms with Crippen LogP contribution in [0, 0.1) is 5.41 Å². The Labute approximate surface area is 115 Å². The Bertz CT molecular complexity index is 555. The van der Waals surface area contributed by atoms with Gasteiger partial charge in [0.1, 0.15) is 5.84 Å². The molecule has 0 unspecified atom stereocenters. The van der Waals surface area contributed by atoms with Gasteiger partial charge in [0.2, 0.25) is 0 Å². The number of ether oxygens (including phenoxy) is 2. The molecule has 6 heteroatoms. The van der Waals surface area contributed by atoms with Crippen molar-refractivity contribution in [3.63, 3.8) is 0 Å². The molecule has 0 atom stereocenters. The maximum atomic E-state index is 11.1. The van der Waals surface area contributed by atoms with Crippen LogP contribution < -0.4 is 14.8 Å². The standard InChI is InChI=1S/C13H14N2O3S/c1-3-18-9-5-4-8(6-10(9)17-2)7-11-12(14)15-13(16)19-11/h4-7H,3H2,1-2H3,(H2,14,15,16)/b11-7+. The van der Waals surface area contributed by atoms with E-state index in [1.165, 1.54) is 0 Å². The smallest absolute Gasteiger partial charge is 0.289 e. The quantitative estimate of drug-likeness (QED) is 0.888. The molecule has 0 aromatic heterocycles. The Morgan fingerprint density at radius 3 is 2.79 bits per heavy atom. The number of hydrogen-bond donors (Lipinski definition) is 2. The van der Waals surface area contributed by atoms with Gasteiger partial charge in [0.15, 0.2) is 11.5 Å². The van der Waals surface area contributed by atoms with Gasteiger partial charge >= 0.3 is 0 Å². The second kappa shape index (κ2) is 5.79. The number of amides is 1. The van der Waals surface area contributed by atoms with E-state index >= 15 is 0 Å². The summed E-state index contributed by atoms with van der Waals surface area (Å²) in [6.07, 6.45) is 1.77. The predicted molar refractivity (Wildman–Crippen MR) is 76.0 cm³/mol. The van der Waals surface area contributed by atoms with Crippen molar-refractivity contribution >= 4 is 28.9 Å². The number of carbonyl (C=O) groups excluding carboxylic acids is 1. The number of amidine groups is 1. The normalized spacial score (nSPS) is 16.6. The zero-order chi connectivity index (χ0) is 13.8. The fourth-order valence-corrected chi connectivity index (χ4v) is 2.34. The van der Waals surface area contributed by atoms with Gasteiger partial charge < -0.3 is 14.8 Å². The average Bonchev–Trinajstić information content (AvgIpc) is 2.70. The van der Waals surface area contributed by atoms with Crippen LogP contribution in [0.15, 0.2) is 23.1 Å². The Morgan fingerprint density at radius 1 is 1.42 bits per heavy atom. The van der Waals surface area contributed by atoms with Crippen molar-refractivity contribution in [2.45, 2.75) is 6.92 Å². The van der Waals surface area contributed by atoms with Crippen molar-refractivity contribution < 1.29 is 14.3 Å². The van der Waals surface area contributed by atoms with E-state index in [-0.39, 0.29) is 11.1 Å². The molecule has 1 heterocycles. The van der Waals surface area contributed by atoms with Crippen LogP contribution in [0.5, 0.6) is 11.5 Å². The molecular weight excluding hydrogens is 264 g/mol. The summed E-state index contributed by atoms with van der Waals surface area (Å²) in [6, 6.07) is 5.49. The molecule has 100 valence electrons. The molecule has 0 saturated carbocycles. The molecule has 2 N–H and O–H groups in total. The minimum atomic E-state index is -0.228. The largest absolute Gasteiger partial charge is 0.493 e. The van der Waals surface area contributed by atoms with Crippen LogP contribution in [0.4, 0.5) is 4.79 Å². The molecule has 0 aliphatic carbocycles. The summed E-state index contributed by atoms with van der Waals surface area (Å²) in [4.78, 5) is 11.7. The topological polar surface area (TPSA) is 71.4 Å². The molecule has 2 rings (SSSR count). The highest BCUT2D eigenvalue weighted by atomic mass is 32.2. The first kappa shape index (κ1) is 13.5. The van der Waals surface area contributed by atoms with E-state index in [0.717, 1.165) is 17.3 Å². The Kier molecular flexibility index (Phi) is 4.11. The van der Waals surface area contributed by atoms with Gasteiger partial charge in [0, 0.05) is 0 Å². The van der Waals surface area contributed by atoms with Crippen LogP contribution in [0.2, 0.25) is 0 Å². The van der Waals surface area contributed by atoms with Crippen molar-refractivity contribution in [3.8, 4) is 11.5 Å². The van der Waals surface area contributed by atoms with Crippen molar-refractivity contribution in [3.05, 3.63) is 28.7 Å². The maximum Gasteiger partial charge on any atom is 0.289 e. The summed E-state index contributed by atoms with van der Waals surface area (Å²) >= 11 is 1.01. The minimum absolute atomic E-state index is 0.128. The summed E-state index contributed by atoms with van der Waals surface area (Å²) in [5.41, 5.74) is 0.851. The highest BCUT2D eigenvalue weighted by Crippen LogP contribution is 2.31. The van der Waals surface area contributed by atoms with Crippen LogP contribution in [0.3, 0.4) is 0 Å². The first-order valence-electron chi connectivity index (χ1n) is 5.74. The van der Waals surface area contributed by atoms with Crippen LogP contribution in [-0.2, 0) is 0 Å². The Balaban J connectivity index is 2.29. The van der Waals surface area contributed by atoms with Gasteiger partial charge in [-0.2, -0.15) is 0 Å². The fourth-order valence-electron chi connectivity index (χ4n) is 1.64. The van der Waals surface area contributed by atoms with Gasteiger partial charge in [-0.05, 0) is 42.5 Å². The molecule has 1 aliphatic rings. The lowest BCUT2D eigenvalue weighted by atomic mass is 10.2. The molecule has 1 amide bonds. The van der Waals surface area contributed by atoms with Crippen molar-refractivity contribution in [2.75, 3.05) is 13.7 Å². The summed E-state index contributed by atoms with van der Waals surface area (Å²) in [7, 11) is 1.58. The van der Waals surface area contributed by atoms with E-state index in [0.29, 0.717) is 23.0 Å². The zero-order valence-corrected chi connectivity index (χ0v) is 11.5. The van der Waals surface area contributed by atoms with E-state index in [2.05, 4.69) is 5.32 Å². The van der Waals surface area contributed by atoms with Crippen LogP contribution >= 0.6 is 11.8 Å². The monoisotopic (exact) mass is 278 g/mol. The molecule has 1 aliphatic heterocycles. The van der Waals surface area contributed by atoms with Crippen LogP contribution in [-0.4, -0.2) is 24.8 Å². The van der Waals surface area contributed by atoms with Crippen molar-refractivity contribution in [1.82, 2.24) is 5.32 Å². The third-order valence-corrected chi connectivity index (χ3v) is 3.29. The molecule has 1 aromatic rings. The number of methoxy groups -OCH3 is 1. The second-order valence-electron chi connectivity index (χ2n) is 3.74. The van der Waals surface area contributed by atoms with Crippen LogP contribution in [0.1, 0.15) is 12.5 Å². The summed E-state index contributed by atoms with van der Waals surface area (Å²) in [6.45, 7) is 2.47. The van der Waals surface area contributed by atoms with E-state index < -0.39 is 0 Å². The zero-order valence-electron chi connectivity index (χ0n) is 10.6. The lowest BCUT2D eigenvalue weighted by Crippen LogP contribution is -2.17. The maximum absolute atomic E-state index is 11.1. The van der Waals surface area contributed by atoms with Gasteiger partial charge in [0.05, 0.1) is 18.6 Å². The van der Waals surface area contributed by atoms with Crippen molar-refractivity contribution in [2.24, 2.45) is 0 Å². The molecule has 0 radical (unpaired) electrons. The van der Waals surface area contributed by atoms with Gasteiger partial charge in [0.25, 0.3) is 5.24 Å². The highest BCUT2D eigenvalue weighted by Gasteiger charge is 2.21. The van der Waals surface area contributed by atoms with Gasteiger partial charge in [-0.25, -0.2) is 0 Å². The molecular formula is C13H14N2O3S. The number of nitrogens with one attached hydrogen (secondary N) is 2. The SMILES string of the molecule is CCOc1ccc(/C=C2/SC(=O)NC2=N)cc1OC. The van der Waals surface area contributed by atoms with Gasteiger partial charge in [-0.15, -0.1) is 0 Å². The van der Waals surface area contributed by atoms with E-state index in [4.69, 9.17) is 14.9 Å². The number of benzene rings is 1. The highest BCUT2D eigenvalue weighted by molar-refractivity contribution is 8.18. The first-order valence-corrected chi connectivity index (χ1v) is 6.56. The van der Waals surface area contributed by atoms with E-state index in [9.17, 15) is 4.79 Å². The predicted octanol–water partition coefficient (Wildman–Crippen LogP) is 2.87.